The first-order chi connectivity index (χ1) is 13.7. The monoisotopic (exact) mass is 451 g/mol. The van der Waals surface area contributed by atoms with Crippen LogP contribution in [0.25, 0.3) is 26.4 Å². The zero-order chi connectivity index (χ0) is 19.1. The molecule has 8 heteroatoms. The molecule has 138 valence electrons. The molecule has 0 aliphatic heterocycles. The molecule has 0 bridgehead atoms. The molecule has 0 atom stereocenters. The van der Waals surface area contributed by atoms with Gasteiger partial charge in [0.15, 0.2) is 5.82 Å². The molecule has 0 radical (unpaired) electrons. The van der Waals surface area contributed by atoms with Gasteiger partial charge in [-0.25, -0.2) is 0 Å². The molecule has 0 unspecified atom stereocenters. The van der Waals surface area contributed by atoms with Crippen LogP contribution in [0.4, 0.5) is 0 Å². The van der Waals surface area contributed by atoms with Gasteiger partial charge in [-0.2, -0.15) is 9.61 Å². The van der Waals surface area contributed by atoms with E-state index >= 15 is 0 Å². The fourth-order valence-corrected chi connectivity index (χ4v) is 4.17. The Hall–Kier alpha value is -2.84. The lowest BCUT2D eigenvalue weighted by Gasteiger charge is -2.05. The Kier molecular flexibility index (Phi) is 4.29. The number of nitrogens with zero attached hydrogens (tertiary/aromatic N) is 5. The van der Waals surface area contributed by atoms with Crippen LogP contribution in [0.2, 0.25) is 0 Å². The van der Waals surface area contributed by atoms with Crippen molar-refractivity contribution in [3.8, 4) is 16.3 Å². The molecule has 28 heavy (non-hydrogen) atoms. The third kappa shape index (κ3) is 3.14. The highest BCUT2D eigenvalue weighted by atomic mass is 79.9. The Morgan fingerprint density at radius 2 is 1.89 bits per heavy atom. The maximum Gasteiger partial charge on any atom is 0.235 e. The lowest BCUT2D eigenvalue weighted by atomic mass is 10.1. The standard InChI is InChI=1S/C20H14BrN5OS/c1-12-10-16(15-4-2-3-5-17(15)22-12)19-25-26-18(23-24-20(26)28-19)11-27-14-8-6-13(21)7-9-14/h2-10H,11H2,1H3. The number of pyridine rings is 1. The van der Waals surface area contributed by atoms with E-state index in [9.17, 15) is 0 Å². The number of hydrogen-bond acceptors (Lipinski definition) is 6. The van der Waals surface area contributed by atoms with Crippen molar-refractivity contribution in [3.05, 3.63) is 70.6 Å². The summed E-state index contributed by atoms with van der Waals surface area (Å²) in [6, 6.07) is 17.8. The predicted octanol–water partition coefficient (Wildman–Crippen LogP) is 5.05. The minimum Gasteiger partial charge on any atom is -0.486 e. The zero-order valence-electron chi connectivity index (χ0n) is 14.8. The fourth-order valence-electron chi connectivity index (χ4n) is 3.02. The van der Waals surface area contributed by atoms with Crippen LogP contribution in [0.5, 0.6) is 5.75 Å². The van der Waals surface area contributed by atoms with E-state index in [0.717, 1.165) is 42.4 Å². The second-order valence-corrected chi connectivity index (χ2v) is 8.16. The van der Waals surface area contributed by atoms with Crippen molar-refractivity contribution in [3.63, 3.8) is 0 Å². The normalized spacial score (nSPS) is 11.4. The van der Waals surface area contributed by atoms with Crippen molar-refractivity contribution in [2.75, 3.05) is 0 Å². The summed E-state index contributed by atoms with van der Waals surface area (Å²) < 4.78 is 8.59. The van der Waals surface area contributed by atoms with E-state index in [0.29, 0.717) is 12.4 Å². The summed E-state index contributed by atoms with van der Waals surface area (Å²) in [7, 11) is 0. The van der Waals surface area contributed by atoms with Crippen LogP contribution in [0, 0.1) is 6.92 Å². The van der Waals surface area contributed by atoms with Gasteiger partial charge in [0.1, 0.15) is 17.4 Å². The molecule has 0 saturated heterocycles. The summed E-state index contributed by atoms with van der Waals surface area (Å²) in [5.41, 5.74) is 2.97. The topological polar surface area (TPSA) is 65.2 Å². The van der Waals surface area contributed by atoms with Gasteiger partial charge in [-0.05, 0) is 43.3 Å². The second kappa shape index (κ2) is 6.96. The van der Waals surface area contributed by atoms with Crippen molar-refractivity contribution in [1.29, 1.82) is 0 Å². The third-order valence-electron chi connectivity index (χ3n) is 4.31. The average molecular weight is 452 g/mol. The van der Waals surface area contributed by atoms with Crippen LogP contribution in [-0.2, 0) is 6.61 Å². The molecule has 2 aromatic carbocycles. The van der Waals surface area contributed by atoms with Crippen LogP contribution in [0.3, 0.4) is 0 Å². The summed E-state index contributed by atoms with van der Waals surface area (Å²) in [5.74, 6) is 1.43. The first kappa shape index (κ1) is 17.3. The SMILES string of the molecule is Cc1cc(-c2nn3c(COc4ccc(Br)cc4)nnc3s2)c2ccccc2n1. The van der Waals surface area contributed by atoms with Gasteiger partial charge >= 0.3 is 0 Å². The van der Waals surface area contributed by atoms with Crippen LogP contribution in [0.15, 0.2) is 59.1 Å². The Bertz CT molecular complexity index is 1300. The summed E-state index contributed by atoms with van der Waals surface area (Å²) >= 11 is 4.93. The lowest BCUT2D eigenvalue weighted by molar-refractivity contribution is 0.293. The van der Waals surface area contributed by atoms with Crippen LogP contribution in [0.1, 0.15) is 11.5 Å². The van der Waals surface area contributed by atoms with E-state index in [1.807, 2.05) is 49.4 Å². The lowest BCUT2D eigenvalue weighted by Crippen LogP contribution is -2.02. The minimum atomic E-state index is 0.294. The van der Waals surface area contributed by atoms with Crippen LogP contribution >= 0.6 is 27.3 Å². The van der Waals surface area contributed by atoms with Gasteiger partial charge in [0.05, 0.1) is 5.52 Å². The maximum atomic E-state index is 5.83. The molecule has 0 amide bonds. The Labute approximate surface area is 173 Å². The van der Waals surface area contributed by atoms with E-state index < -0.39 is 0 Å². The highest BCUT2D eigenvalue weighted by Crippen LogP contribution is 2.32. The van der Waals surface area contributed by atoms with Crippen molar-refractivity contribution in [2.24, 2.45) is 0 Å². The largest absolute Gasteiger partial charge is 0.486 e. The molecule has 5 aromatic rings. The number of aromatic nitrogens is 5. The summed E-state index contributed by atoms with van der Waals surface area (Å²) in [4.78, 5) is 5.35. The molecule has 3 heterocycles. The molecule has 3 aromatic heterocycles. The molecule has 6 nitrogen and oxygen atoms in total. The molecule has 0 aliphatic rings. The maximum absolute atomic E-state index is 5.83. The van der Waals surface area contributed by atoms with Crippen molar-refractivity contribution in [2.45, 2.75) is 13.5 Å². The molecule has 0 fully saturated rings. The van der Waals surface area contributed by atoms with Crippen molar-refractivity contribution in [1.82, 2.24) is 24.8 Å². The van der Waals surface area contributed by atoms with Gasteiger partial charge in [0, 0.05) is 21.1 Å². The van der Waals surface area contributed by atoms with Gasteiger partial charge in [-0.1, -0.05) is 45.5 Å². The number of hydrogen-bond donors (Lipinski definition) is 0. The summed E-state index contributed by atoms with van der Waals surface area (Å²) in [6.45, 7) is 2.29. The average Bonchev–Trinajstić information content (AvgIpc) is 3.28. The zero-order valence-corrected chi connectivity index (χ0v) is 17.2. The number of rotatable bonds is 4. The third-order valence-corrected chi connectivity index (χ3v) is 5.77. The van der Waals surface area contributed by atoms with Crippen molar-refractivity contribution < 1.29 is 4.74 Å². The van der Waals surface area contributed by atoms with Crippen LogP contribution < -0.4 is 4.74 Å². The minimum absolute atomic E-state index is 0.294. The van der Waals surface area contributed by atoms with Crippen LogP contribution in [-0.4, -0.2) is 24.8 Å². The quantitative estimate of drug-likeness (QED) is 0.382. The highest BCUT2D eigenvalue weighted by molar-refractivity contribution is 9.10. The van der Waals surface area contributed by atoms with E-state index in [1.54, 1.807) is 4.52 Å². The number of para-hydroxylation sites is 1. The number of aryl methyl sites for hydroxylation is 1. The highest BCUT2D eigenvalue weighted by Gasteiger charge is 2.16. The molecular weight excluding hydrogens is 438 g/mol. The van der Waals surface area contributed by atoms with E-state index in [1.165, 1.54) is 11.3 Å². The first-order valence-corrected chi connectivity index (χ1v) is 10.2. The molecule has 5 rings (SSSR count). The number of halogens is 1. The number of ether oxygens (including phenoxy) is 1. The van der Waals surface area contributed by atoms with E-state index in [-0.39, 0.29) is 0 Å². The van der Waals surface area contributed by atoms with Gasteiger partial charge < -0.3 is 4.74 Å². The molecular formula is C20H14BrN5OS. The Morgan fingerprint density at radius 3 is 2.75 bits per heavy atom. The first-order valence-electron chi connectivity index (χ1n) is 8.63. The van der Waals surface area contributed by atoms with Crippen molar-refractivity contribution >= 4 is 43.1 Å². The number of benzene rings is 2. The molecule has 0 saturated carbocycles. The summed E-state index contributed by atoms with van der Waals surface area (Å²) in [5, 5.41) is 15.2. The fraction of sp³-hybridized carbons (Fsp3) is 0.100. The Balaban J connectivity index is 1.51. The Morgan fingerprint density at radius 1 is 1.07 bits per heavy atom. The number of fused-ring (bicyclic) bond motifs is 2. The predicted molar refractivity (Wildman–Crippen MR) is 113 cm³/mol. The van der Waals surface area contributed by atoms with E-state index in [4.69, 9.17) is 9.84 Å². The summed E-state index contributed by atoms with van der Waals surface area (Å²) in [6.07, 6.45) is 0. The van der Waals surface area contributed by atoms with Gasteiger partial charge in [-0.3, -0.25) is 4.98 Å². The van der Waals surface area contributed by atoms with Gasteiger partial charge in [0.25, 0.3) is 0 Å². The van der Waals surface area contributed by atoms with Gasteiger partial charge in [0.2, 0.25) is 4.96 Å². The smallest absolute Gasteiger partial charge is 0.235 e. The molecule has 0 spiro atoms. The second-order valence-electron chi connectivity index (χ2n) is 6.29. The molecule has 0 aliphatic carbocycles. The van der Waals surface area contributed by atoms with Gasteiger partial charge in [-0.15, -0.1) is 10.2 Å². The molecule has 0 N–H and O–H groups in total. The van der Waals surface area contributed by atoms with E-state index in [2.05, 4.69) is 43.2 Å².